The summed E-state index contributed by atoms with van der Waals surface area (Å²) in [7, 11) is 0. The largest absolute Gasteiger partial charge is 0.318 e. The van der Waals surface area contributed by atoms with Gasteiger partial charge < -0.3 is 5.73 Å². The standard InChI is InChI=1S/C8H10ClN5S/c1-2-14-8(5(9)3-11-14)7(10)6-4-15-13-12-6/h3-4,7H,2,10H2,1H3. The molecule has 0 bridgehead atoms. The highest BCUT2D eigenvalue weighted by Crippen LogP contribution is 2.25. The van der Waals surface area contributed by atoms with Gasteiger partial charge in [-0.2, -0.15) is 5.10 Å². The van der Waals surface area contributed by atoms with E-state index in [9.17, 15) is 0 Å². The lowest BCUT2D eigenvalue weighted by Crippen LogP contribution is -2.18. The number of aryl methyl sites for hydroxylation is 1. The number of nitrogens with two attached hydrogens (primary N) is 1. The van der Waals surface area contributed by atoms with E-state index in [4.69, 9.17) is 17.3 Å². The zero-order chi connectivity index (χ0) is 10.8. The van der Waals surface area contributed by atoms with Gasteiger partial charge in [-0.3, -0.25) is 4.68 Å². The average molecular weight is 244 g/mol. The van der Waals surface area contributed by atoms with Crippen molar-refractivity contribution in [2.24, 2.45) is 5.73 Å². The highest BCUT2D eigenvalue weighted by atomic mass is 35.5. The summed E-state index contributed by atoms with van der Waals surface area (Å²) in [4.78, 5) is 0. The highest BCUT2D eigenvalue weighted by Gasteiger charge is 2.19. The van der Waals surface area contributed by atoms with Gasteiger partial charge in [0.15, 0.2) is 0 Å². The first-order chi connectivity index (χ1) is 7.24. The van der Waals surface area contributed by atoms with Gasteiger partial charge in [-0.1, -0.05) is 16.1 Å². The van der Waals surface area contributed by atoms with Gasteiger partial charge in [-0.25, -0.2) is 0 Å². The Morgan fingerprint density at radius 2 is 2.47 bits per heavy atom. The molecule has 2 aromatic heterocycles. The third kappa shape index (κ3) is 1.88. The van der Waals surface area contributed by atoms with Crippen LogP contribution in [0.4, 0.5) is 0 Å². The normalized spacial score (nSPS) is 13.0. The molecular formula is C8H10ClN5S. The van der Waals surface area contributed by atoms with Crippen molar-refractivity contribution in [3.05, 3.63) is 28.0 Å². The molecule has 0 fully saturated rings. The Labute approximate surface area is 96.0 Å². The lowest BCUT2D eigenvalue weighted by atomic mass is 10.2. The van der Waals surface area contributed by atoms with Crippen LogP contribution in [0.25, 0.3) is 0 Å². The summed E-state index contributed by atoms with van der Waals surface area (Å²) in [6.45, 7) is 2.71. The van der Waals surface area contributed by atoms with Crippen LogP contribution in [-0.2, 0) is 6.54 Å². The van der Waals surface area contributed by atoms with Crippen LogP contribution in [0.15, 0.2) is 11.6 Å². The molecule has 7 heteroatoms. The average Bonchev–Trinajstić information content (AvgIpc) is 2.85. The van der Waals surface area contributed by atoms with Crippen molar-refractivity contribution >= 4 is 23.1 Å². The maximum atomic E-state index is 6.04. The van der Waals surface area contributed by atoms with Gasteiger partial charge in [0, 0.05) is 11.9 Å². The second kappa shape index (κ2) is 4.26. The topological polar surface area (TPSA) is 69.6 Å². The van der Waals surface area contributed by atoms with Gasteiger partial charge >= 0.3 is 0 Å². The van der Waals surface area contributed by atoms with E-state index in [1.165, 1.54) is 11.5 Å². The molecule has 0 spiro atoms. The van der Waals surface area contributed by atoms with Crippen LogP contribution in [0.2, 0.25) is 5.02 Å². The van der Waals surface area contributed by atoms with Crippen LogP contribution in [0.3, 0.4) is 0 Å². The summed E-state index contributed by atoms with van der Waals surface area (Å²) in [6, 6.07) is -0.362. The smallest absolute Gasteiger partial charge is 0.0984 e. The quantitative estimate of drug-likeness (QED) is 0.886. The third-order valence-corrected chi connectivity index (χ3v) is 2.94. The number of hydrogen-bond donors (Lipinski definition) is 1. The van der Waals surface area contributed by atoms with Gasteiger partial charge in [0.05, 0.1) is 28.6 Å². The Morgan fingerprint density at radius 1 is 1.67 bits per heavy atom. The van der Waals surface area contributed by atoms with E-state index in [1.54, 1.807) is 10.9 Å². The van der Waals surface area contributed by atoms with Crippen LogP contribution < -0.4 is 5.73 Å². The van der Waals surface area contributed by atoms with Gasteiger partial charge in [-0.15, -0.1) is 5.10 Å². The molecule has 0 radical (unpaired) electrons. The zero-order valence-electron chi connectivity index (χ0n) is 8.09. The SMILES string of the molecule is CCn1ncc(Cl)c1C(N)c1csnn1. The molecule has 2 aromatic rings. The Balaban J connectivity index is 2.40. The second-order valence-electron chi connectivity index (χ2n) is 3.00. The fraction of sp³-hybridized carbons (Fsp3) is 0.375. The number of hydrogen-bond acceptors (Lipinski definition) is 5. The summed E-state index contributed by atoms with van der Waals surface area (Å²) in [5, 5.41) is 10.4. The lowest BCUT2D eigenvalue weighted by molar-refractivity contribution is 0.596. The highest BCUT2D eigenvalue weighted by molar-refractivity contribution is 7.03. The van der Waals surface area contributed by atoms with E-state index in [0.29, 0.717) is 5.02 Å². The zero-order valence-corrected chi connectivity index (χ0v) is 9.66. The molecule has 15 heavy (non-hydrogen) atoms. The van der Waals surface area contributed by atoms with Crippen molar-refractivity contribution in [1.29, 1.82) is 0 Å². The number of rotatable bonds is 3. The Kier molecular flexibility index (Phi) is 2.99. The number of halogens is 1. The molecule has 2 rings (SSSR count). The van der Waals surface area contributed by atoms with Crippen molar-refractivity contribution < 1.29 is 0 Å². The Bertz CT molecular complexity index is 438. The molecule has 1 unspecified atom stereocenters. The fourth-order valence-corrected chi connectivity index (χ4v) is 2.13. The Hall–Kier alpha value is -0.980. The van der Waals surface area contributed by atoms with Crippen LogP contribution in [-0.4, -0.2) is 19.4 Å². The Morgan fingerprint density at radius 3 is 3.07 bits per heavy atom. The molecule has 5 nitrogen and oxygen atoms in total. The van der Waals surface area contributed by atoms with E-state index >= 15 is 0 Å². The van der Waals surface area contributed by atoms with E-state index in [-0.39, 0.29) is 6.04 Å². The minimum atomic E-state index is -0.362. The molecule has 0 aliphatic carbocycles. The summed E-state index contributed by atoms with van der Waals surface area (Å²) in [5.41, 5.74) is 7.54. The van der Waals surface area contributed by atoms with Gasteiger partial charge in [0.2, 0.25) is 0 Å². The minimum Gasteiger partial charge on any atom is -0.318 e. The molecule has 2 heterocycles. The van der Waals surface area contributed by atoms with Crippen molar-refractivity contribution in [2.75, 3.05) is 0 Å². The van der Waals surface area contributed by atoms with Crippen molar-refractivity contribution in [3.8, 4) is 0 Å². The van der Waals surface area contributed by atoms with Crippen molar-refractivity contribution in [2.45, 2.75) is 19.5 Å². The van der Waals surface area contributed by atoms with E-state index in [0.717, 1.165) is 17.9 Å². The molecule has 1 atom stereocenters. The molecule has 0 aliphatic rings. The summed E-state index contributed by atoms with van der Waals surface area (Å²) >= 11 is 7.30. The summed E-state index contributed by atoms with van der Waals surface area (Å²) in [5.74, 6) is 0. The van der Waals surface area contributed by atoms with Gasteiger partial charge in [0.25, 0.3) is 0 Å². The predicted octanol–water partition coefficient (Wildman–Crippen LogP) is 1.46. The first-order valence-electron chi connectivity index (χ1n) is 4.47. The first-order valence-corrected chi connectivity index (χ1v) is 5.69. The van der Waals surface area contributed by atoms with Gasteiger partial charge in [0.1, 0.15) is 0 Å². The van der Waals surface area contributed by atoms with Crippen LogP contribution >= 0.6 is 23.1 Å². The van der Waals surface area contributed by atoms with Crippen LogP contribution in [0, 0.1) is 0 Å². The fourth-order valence-electron chi connectivity index (χ4n) is 1.38. The second-order valence-corrected chi connectivity index (χ2v) is 4.02. The molecular weight excluding hydrogens is 234 g/mol. The van der Waals surface area contributed by atoms with E-state index < -0.39 is 0 Å². The van der Waals surface area contributed by atoms with E-state index in [2.05, 4.69) is 14.7 Å². The maximum absolute atomic E-state index is 6.04. The number of aromatic nitrogens is 4. The molecule has 80 valence electrons. The summed E-state index contributed by atoms with van der Waals surface area (Å²) in [6.07, 6.45) is 1.60. The molecule has 2 N–H and O–H groups in total. The number of nitrogens with zero attached hydrogens (tertiary/aromatic N) is 4. The van der Waals surface area contributed by atoms with Crippen molar-refractivity contribution in [1.82, 2.24) is 19.4 Å². The maximum Gasteiger partial charge on any atom is 0.0984 e. The molecule has 0 aliphatic heterocycles. The lowest BCUT2D eigenvalue weighted by Gasteiger charge is -2.10. The van der Waals surface area contributed by atoms with Crippen molar-refractivity contribution in [3.63, 3.8) is 0 Å². The molecule has 0 saturated heterocycles. The van der Waals surface area contributed by atoms with Crippen LogP contribution in [0.1, 0.15) is 24.4 Å². The molecule has 0 amide bonds. The van der Waals surface area contributed by atoms with Gasteiger partial charge in [-0.05, 0) is 18.5 Å². The third-order valence-electron chi connectivity index (χ3n) is 2.12. The van der Waals surface area contributed by atoms with E-state index in [1.807, 2.05) is 12.3 Å². The van der Waals surface area contributed by atoms with Crippen LogP contribution in [0.5, 0.6) is 0 Å². The first kappa shape index (κ1) is 10.5. The monoisotopic (exact) mass is 243 g/mol. The minimum absolute atomic E-state index is 0.362. The molecule has 0 aromatic carbocycles. The summed E-state index contributed by atoms with van der Waals surface area (Å²) < 4.78 is 5.55. The molecule has 0 saturated carbocycles. The predicted molar refractivity (Wildman–Crippen MR) is 58.9 cm³/mol.